The lowest BCUT2D eigenvalue weighted by Gasteiger charge is -2.35. The van der Waals surface area contributed by atoms with Crippen LogP contribution in [-0.2, 0) is 6.54 Å². The lowest BCUT2D eigenvalue weighted by molar-refractivity contribution is 0.00828. The van der Waals surface area contributed by atoms with Crippen LogP contribution < -0.4 is 5.32 Å². The van der Waals surface area contributed by atoms with Crippen LogP contribution in [0.15, 0.2) is 30.3 Å². The lowest BCUT2D eigenvalue weighted by atomic mass is 10.1. The molecule has 0 spiro atoms. The van der Waals surface area contributed by atoms with Gasteiger partial charge in [0.25, 0.3) is 6.43 Å². The van der Waals surface area contributed by atoms with Crippen molar-refractivity contribution in [3.8, 4) is 0 Å². The third-order valence-electron chi connectivity index (χ3n) is 2.92. The molecule has 1 N–H and O–H groups in total. The summed E-state index contributed by atoms with van der Waals surface area (Å²) in [5.41, 5.74) is 1.09. The van der Waals surface area contributed by atoms with Crippen LogP contribution in [0, 0.1) is 0 Å². The second-order valence-electron chi connectivity index (χ2n) is 4.06. The Labute approximate surface area is 94.3 Å². The SMILES string of the molecule is FC(F)[C@@H]1CNCCN1Cc1ccccc1. The number of hydrogen-bond acceptors (Lipinski definition) is 2. The van der Waals surface area contributed by atoms with E-state index in [0.717, 1.165) is 12.1 Å². The molecule has 0 saturated carbocycles. The molecule has 0 amide bonds. The molecule has 1 saturated heterocycles. The number of piperazine rings is 1. The fourth-order valence-corrected chi connectivity index (χ4v) is 2.03. The van der Waals surface area contributed by atoms with Crippen LogP contribution in [0.4, 0.5) is 8.78 Å². The first-order valence-electron chi connectivity index (χ1n) is 5.54. The summed E-state index contributed by atoms with van der Waals surface area (Å²) in [5, 5.41) is 3.01. The van der Waals surface area contributed by atoms with Gasteiger partial charge in [-0.2, -0.15) is 0 Å². The molecule has 1 fully saturated rings. The molecule has 4 heteroatoms. The largest absolute Gasteiger partial charge is 0.314 e. The zero-order chi connectivity index (χ0) is 11.4. The van der Waals surface area contributed by atoms with Crippen LogP contribution in [0.25, 0.3) is 0 Å². The molecule has 1 aliphatic heterocycles. The Morgan fingerprint density at radius 1 is 1.31 bits per heavy atom. The predicted molar refractivity (Wildman–Crippen MR) is 59.5 cm³/mol. The maximum Gasteiger partial charge on any atom is 0.255 e. The van der Waals surface area contributed by atoms with Gasteiger partial charge in [0.2, 0.25) is 0 Å². The van der Waals surface area contributed by atoms with E-state index in [1.54, 1.807) is 0 Å². The van der Waals surface area contributed by atoms with E-state index in [1.807, 2.05) is 35.2 Å². The molecule has 2 rings (SSSR count). The molecule has 1 atom stereocenters. The smallest absolute Gasteiger partial charge is 0.255 e. The average Bonchev–Trinajstić information content (AvgIpc) is 2.31. The first-order chi connectivity index (χ1) is 7.77. The van der Waals surface area contributed by atoms with Crippen molar-refractivity contribution < 1.29 is 8.78 Å². The van der Waals surface area contributed by atoms with E-state index in [-0.39, 0.29) is 0 Å². The number of alkyl halides is 2. The first kappa shape index (κ1) is 11.5. The van der Waals surface area contributed by atoms with Crippen molar-refractivity contribution in [3.63, 3.8) is 0 Å². The summed E-state index contributed by atoms with van der Waals surface area (Å²) in [5.74, 6) is 0. The van der Waals surface area contributed by atoms with Crippen LogP contribution in [0.5, 0.6) is 0 Å². The van der Waals surface area contributed by atoms with Gasteiger partial charge in [0.05, 0.1) is 6.04 Å². The van der Waals surface area contributed by atoms with E-state index >= 15 is 0 Å². The molecular formula is C12H16F2N2. The van der Waals surface area contributed by atoms with E-state index in [9.17, 15) is 8.78 Å². The maximum absolute atomic E-state index is 12.8. The van der Waals surface area contributed by atoms with Crippen LogP contribution >= 0.6 is 0 Å². The number of nitrogens with one attached hydrogen (secondary N) is 1. The normalized spacial score (nSPS) is 22.6. The summed E-state index contributed by atoms with van der Waals surface area (Å²) < 4.78 is 25.6. The van der Waals surface area contributed by atoms with E-state index in [1.165, 1.54) is 0 Å². The summed E-state index contributed by atoms with van der Waals surface area (Å²) in [6.45, 7) is 2.46. The highest BCUT2D eigenvalue weighted by molar-refractivity contribution is 5.14. The van der Waals surface area contributed by atoms with Gasteiger partial charge in [-0.15, -0.1) is 0 Å². The predicted octanol–water partition coefficient (Wildman–Crippen LogP) is 1.73. The zero-order valence-electron chi connectivity index (χ0n) is 9.07. The summed E-state index contributed by atoms with van der Waals surface area (Å²) in [6, 6.07) is 9.11. The Bertz CT molecular complexity index is 316. The van der Waals surface area contributed by atoms with Gasteiger partial charge in [-0.25, -0.2) is 8.78 Å². The summed E-state index contributed by atoms with van der Waals surface area (Å²) in [7, 11) is 0. The number of nitrogens with zero attached hydrogens (tertiary/aromatic N) is 1. The first-order valence-corrected chi connectivity index (χ1v) is 5.54. The van der Waals surface area contributed by atoms with Crippen LogP contribution in [0.1, 0.15) is 5.56 Å². The van der Waals surface area contributed by atoms with Crippen molar-refractivity contribution in [2.24, 2.45) is 0 Å². The number of benzene rings is 1. The highest BCUT2D eigenvalue weighted by atomic mass is 19.3. The van der Waals surface area contributed by atoms with Crippen molar-refractivity contribution in [3.05, 3.63) is 35.9 Å². The highest BCUT2D eigenvalue weighted by Crippen LogP contribution is 2.15. The van der Waals surface area contributed by atoms with Crippen molar-refractivity contribution in [1.29, 1.82) is 0 Å². The molecule has 0 aromatic heterocycles. The maximum atomic E-state index is 12.8. The number of rotatable bonds is 3. The van der Waals surface area contributed by atoms with Crippen LogP contribution in [0.3, 0.4) is 0 Å². The molecule has 0 unspecified atom stereocenters. The Morgan fingerprint density at radius 3 is 2.75 bits per heavy atom. The van der Waals surface area contributed by atoms with Crippen molar-refractivity contribution in [2.75, 3.05) is 19.6 Å². The van der Waals surface area contributed by atoms with Gasteiger partial charge in [0.1, 0.15) is 0 Å². The minimum absolute atomic E-state index is 0.379. The molecule has 0 aliphatic carbocycles. The Morgan fingerprint density at radius 2 is 2.06 bits per heavy atom. The second kappa shape index (κ2) is 5.37. The molecule has 2 nitrogen and oxygen atoms in total. The van der Waals surface area contributed by atoms with E-state index in [0.29, 0.717) is 19.6 Å². The zero-order valence-corrected chi connectivity index (χ0v) is 9.07. The topological polar surface area (TPSA) is 15.3 Å². The summed E-state index contributed by atoms with van der Waals surface area (Å²) >= 11 is 0. The van der Waals surface area contributed by atoms with Gasteiger partial charge < -0.3 is 5.32 Å². The van der Waals surface area contributed by atoms with E-state index in [4.69, 9.17) is 0 Å². The number of hydrogen-bond donors (Lipinski definition) is 1. The third-order valence-corrected chi connectivity index (χ3v) is 2.92. The fourth-order valence-electron chi connectivity index (χ4n) is 2.03. The summed E-state index contributed by atoms with van der Waals surface area (Å²) in [6.07, 6.45) is -2.28. The summed E-state index contributed by atoms with van der Waals surface area (Å²) in [4.78, 5) is 1.86. The Hall–Kier alpha value is -1.00. The Kier molecular flexibility index (Phi) is 3.85. The second-order valence-corrected chi connectivity index (χ2v) is 4.06. The molecule has 16 heavy (non-hydrogen) atoms. The molecular weight excluding hydrogens is 210 g/mol. The third kappa shape index (κ3) is 2.77. The standard InChI is InChI=1S/C12H16F2N2/c13-12(14)11-8-15-6-7-16(11)9-10-4-2-1-3-5-10/h1-5,11-12,15H,6-9H2/t11-/m0/s1. The molecule has 1 aromatic rings. The fraction of sp³-hybridized carbons (Fsp3) is 0.500. The van der Waals surface area contributed by atoms with Gasteiger partial charge in [-0.05, 0) is 5.56 Å². The van der Waals surface area contributed by atoms with Crippen molar-refractivity contribution in [2.45, 2.75) is 19.0 Å². The van der Waals surface area contributed by atoms with Gasteiger partial charge in [0.15, 0.2) is 0 Å². The van der Waals surface area contributed by atoms with E-state index < -0.39 is 12.5 Å². The molecule has 0 bridgehead atoms. The minimum atomic E-state index is -2.28. The minimum Gasteiger partial charge on any atom is -0.314 e. The quantitative estimate of drug-likeness (QED) is 0.844. The van der Waals surface area contributed by atoms with E-state index in [2.05, 4.69) is 5.32 Å². The average molecular weight is 226 g/mol. The highest BCUT2D eigenvalue weighted by Gasteiger charge is 2.29. The van der Waals surface area contributed by atoms with Gasteiger partial charge >= 0.3 is 0 Å². The molecule has 0 radical (unpaired) electrons. The molecule has 1 aliphatic rings. The van der Waals surface area contributed by atoms with Gasteiger partial charge in [0, 0.05) is 26.2 Å². The van der Waals surface area contributed by atoms with Gasteiger partial charge in [-0.1, -0.05) is 30.3 Å². The molecule has 1 heterocycles. The van der Waals surface area contributed by atoms with Crippen molar-refractivity contribution in [1.82, 2.24) is 10.2 Å². The van der Waals surface area contributed by atoms with Crippen LogP contribution in [0.2, 0.25) is 0 Å². The lowest BCUT2D eigenvalue weighted by Crippen LogP contribution is -2.53. The Balaban J connectivity index is 2.01. The number of halogens is 2. The monoisotopic (exact) mass is 226 g/mol. The van der Waals surface area contributed by atoms with Gasteiger partial charge in [-0.3, -0.25) is 4.90 Å². The van der Waals surface area contributed by atoms with Crippen LogP contribution in [-0.4, -0.2) is 37.0 Å². The molecule has 88 valence electrons. The molecule has 1 aromatic carbocycles. The van der Waals surface area contributed by atoms with Crippen molar-refractivity contribution >= 4 is 0 Å².